The summed E-state index contributed by atoms with van der Waals surface area (Å²) in [5.74, 6) is 0.649. The summed E-state index contributed by atoms with van der Waals surface area (Å²) in [6.45, 7) is 0. The molecule has 3 unspecified atom stereocenters. The third kappa shape index (κ3) is 5.73. The van der Waals surface area contributed by atoms with Gasteiger partial charge in [0.25, 0.3) is 0 Å². The summed E-state index contributed by atoms with van der Waals surface area (Å²) >= 11 is 0. The van der Waals surface area contributed by atoms with Crippen molar-refractivity contribution in [3.05, 3.63) is 30.1 Å². The van der Waals surface area contributed by atoms with Gasteiger partial charge in [0.05, 0.1) is 12.2 Å². The van der Waals surface area contributed by atoms with Crippen LogP contribution in [0.1, 0.15) is 50.6 Å². The zero-order valence-corrected chi connectivity index (χ0v) is 12.7. The van der Waals surface area contributed by atoms with Crippen molar-refractivity contribution >= 4 is 0 Å². The molecule has 0 saturated heterocycles. The molecule has 4 nitrogen and oxygen atoms in total. The lowest BCUT2D eigenvalue weighted by Crippen LogP contribution is -2.39. The van der Waals surface area contributed by atoms with Crippen molar-refractivity contribution in [1.29, 1.82) is 0 Å². The lowest BCUT2D eigenvalue weighted by atomic mass is 9.83. The van der Waals surface area contributed by atoms with E-state index in [4.69, 9.17) is 5.73 Å². The van der Waals surface area contributed by atoms with Gasteiger partial charge in [0.2, 0.25) is 0 Å². The Labute approximate surface area is 127 Å². The van der Waals surface area contributed by atoms with E-state index in [0.717, 1.165) is 12.1 Å². The third-order valence-corrected chi connectivity index (χ3v) is 4.51. The molecule has 1 heterocycles. The van der Waals surface area contributed by atoms with Gasteiger partial charge in [-0.15, -0.1) is 0 Å². The van der Waals surface area contributed by atoms with Gasteiger partial charge in [-0.1, -0.05) is 38.2 Å². The van der Waals surface area contributed by atoms with Crippen LogP contribution >= 0.6 is 0 Å². The molecule has 0 bridgehead atoms. The number of aromatic nitrogens is 1. The first-order valence-corrected chi connectivity index (χ1v) is 8.16. The second-order valence-corrected chi connectivity index (χ2v) is 6.39. The molecule has 0 aromatic carbocycles. The predicted octanol–water partition coefficient (Wildman–Crippen LogP) is 2.03. The molecule has 0 amide bonds. The fourth-order valence-corrected chi connectivity index (χ4v) is 3.26. The number of aliphatic hydroxyl groups is 2. The van der Waals surface area contributed by atoms with E-state index >= 15 is 0 Å². The van der Waals surface area contributed by atoms with Gasteiger partial charge in [0, 0.05) is 30.8 Å². The van der Waals surface area contributed by atoms with Crippen LogP contribution < -0.4 is 5.73 Å². The third-order valence-electron chi connectivity index (χ3n) is 4.51. The van der Waals surface area contributed by atoms with Crippen molar-refractivity contribution < 1.29 is 10.2 Å². The second-order valence-electron chi connectivity index (χ2n) is 6.39. The molecule has 0 spiro atoms. The van der Waals surface area contributed by atoms with E-state index in [9.17, 15) is 10.2 Å². The molecule has 1 fully saturated rings. The largest absolute Gasteiger partial charge is 0.393 e. The van der Waals surface area contributed by atoms with Crippen LogP contribution in [0.2, 0.25) is 0 Å². The maximum atomic E-state index is 10.2. The summed E-state index contributed by atoms with van der Waals surface area (Å²) < 4.78 is 0. The summed E-state index contributed by atoms with van der Waals surface area (Å²) in [4.78, 5) is 4.19. The minimum Gasteiger partial charge on any atom is -0.393 e. The lowest BCUT2D eigenvalue weighted by Gasteiger charge is -2.28. The highest BCUT2D eigenvalue weighted by molar-refractivity contribution is 5.04. The highest BCUT2D eigenvalue weighted by atomic mass is 16.3. The zero-order chi connectivity index (χ0) is 15.1. The molecule has 1 aliphatic rings. The predicted molar refractivity (Wildman–Crippen MR) is 83.7 cm³/mol. The summed E-state index contributed by atoms with van der Waals surface area (Å²) in [7, 11) is 0. The van der Waals surface area contributed by atoms with Crippen molar-refractivity contribution in [3.63, 3.8) is 0 Å². The van der Waals surface area contributed by atoms with Crippen molar-refractivity contribution in [2.45, 2.75) is 69.6 Å². The van der Waals surface area contributed by atoms with Crippen molar-refractivity contribution in [2.24, 2.45) is 11.7 Å². The zero-order valence-electron chi connectivity index (χ0n) is 12.7. The molecule has 4 N–H and O–H groups in total. The van der Waals surface area contributed by atoms with Gasteiger partial charge in [-0.3, -0.25) is 4.98 Å². The Bertz CT molecular complexity index is 393. The van der Waals surface area contributed by atoms with Crippen LogP contribution in [0.25, 0.3) is 0 Å². The van der Waals surface area contributed by atoms with Gasteiger partial charge in [-0.2, -0.15) is 0 Å². The quantitative estimate of drug-likeness (QED) is 0.718. The van der Waals surface area contributed by atoms with Crippen molar-refractivity contribution in [3.8, 4) is 0 Å². The molecule has 0 aliphatic heterocycles. The highest BCUT2D eigenvalue weighted by Gasteiger charge is 2.23. The number of nitrogens with zero attached hydrogens (tertiary/aromatic N) is 1. The first-order chi connectivity index (χ1) is 10.1. The monoisotopic (exact) mass is 292 g/mol. The molecule has 3 atom stereocenters. The molecule has 2 rings (SSSR count). The van der Waals surface area contributed by atoms with Crippen molar-refractivity contribution in [2.75, 3.05) is 0 Å². The molecule has 1 aromatic heterocycles. The Morgan fingerprint density at radius 1 is 1.19 bits per heavy atom. The number of aliphatic hydroxyl groups excluding tert-OH is 2. The van der Waals surface area contributed by atoms with Crippen LogP contribution in [0.4, 0.5) is 0 Å². The summed E-state index contributed by atoms with van der Waals surface area (Å²) in [5, 5.41) is 20.3. The fraction of sp³-hybridized carbons (Fsp3) is 0.706. The van der Waals surface area contributed by atoms with Gasteiger partial charge in [0.15, 0.2) is 0 Å². The maximum Gasteiger partial charge on any atom is 0.0715 e. The second kappa shape index (κ2) is 8.47. The molecule has 4 heteroatoms. The number of rotatable bonds is 7. The van der Waals surface area contributed by atoms with E-state index in [1.54, 1.807) is 6.20 Å². The van der Waals surface area contributed by atoms with E-state index in [0.29, 0.717) is 18.8 Å². The molecule has 118 valence electrons. The highest BCUT2D eigenvalue weighted by Crippen LogP contribution is 2.28. The standard InChI is InChI=1S/C17H28N2O2/c18-16(10-13-6-2-1-3-7-13)17(21)12-15(20)11-14-8-4-5-9-19-14/h4-5,8-9,13,15-17,20-21H,1-3,6-7,10-12,18H2. The van der Waals surface area contributed by atoms with Gasteiger partial charge >= 0.3 is 0 Å². The Hall–Kier alpha value is -0.970. The minimum atomic E-state index is -0.634. The molecule has 21 heavy (non-hydrogen) atoms. The molecule has 1 aliphatic carbocycles. The average molecular weight is 292 g/mol. The normalized spacial score (nSPS) is 20.9. The van der Waals surface area contributed by atoms with Crippen LogP contribution in [-0.2, 0) is 6.42 Å². The Balaban J connectivity index is 1.73. The molecule has 1 aromatic rings. The Morgan fingerprint density at radius 2 is 1.95 bits per heavy atom. The van der Waals surface area contributed by atoms with Gasteiger partial charge < -0.3 is 15.9 Å². The lowest BCUT2D eigenvalue weighted by molar-refractivity contribution is 0.0577. The molecular weight excluding hydrogens is 264 g/mol. The first kappa shape index (κ1) is 16.4. The summed E-state index contributed by atoms with van der Waals surface area (Å²) in [5.41, 5.74) is 6.96. The van der Waals surface area contributed by atoms with Crippen LogP contribution in [0, 0.1) is 5.92 Å². The summed E-state index contributed by atoms with van der Waals surface area (Å²) in [6, 6.07) is 5.41. The summed E-state index contributed by atoms with van der Waals surface area (Å²) in [6.07, 6.45) is 8.53. The number of nitrogens with two attached hydrogens (primary N) is 1. The molecule has 1 saturated carbocycles. The fourth-order valence-electron chi connectivity index (χ4n) is 3.26. The van der Waals surface area contributed by atoms with Gasteiger partial charge in [0.1, 0.15) is 0 Å². The first-order valence-electron chi connectivity index (χ1n) is 8.16. The Kier molecular flexibility index (Phi) is 6.61. The minimum absolute atomic E-state index is 0.230. The Morgan fingerprint density at radius 3 is 2.62 bits per heavy atom. The molecular formula is C17H28N2O2. The number of hydrogen-bond acceptors (Lipinski definition) is 4. The van der Waals surface area contributed by atoms with E-state index in [-0.39, 0.29) is 6.04 Å². The van der Waals surface area contributed by atoms with E-state index in [1.165, 1.54) is 32.1 Å². The average Bonchev–Trinajstić information content (AvgIpc) is 2.49. The van der Waals surface area contributed by atoms with Crippen molar-refractivity contribution in [1.82, 2.24) is 4.98 Å². The maximum absolute atomic E-state index is 10.2. The van der Waals surface area contributed by atoms with E-state index in [1.807, 2.05) is 18.2 Å². The van der Waals surface area contributed by atoms with Crippen LogP contribution in [0.15, 0.2) is 24.4 Å². The van der Waals surface area contributed by atoms with Gasteiger partial charge in [-0.25, -0.2) is 0 Å². The molecule has 0 radical (unpaired) electrons. The van der Waals surface area contributed by atoms with E-state index < -0.39 is 12.2 Å². The number of pyridine rings is 1. The van der Waals surface area contributed by atoms with Crippen LogP contribution in [0.5, 0.6) is 0 Å². The SMILES string of the molecule is NC(CC1CCCCC1)C(O)CC(O)Cc1ccccn1. The van der Waals surface area contributed by atoms with Crippen LogP contribution in [-0.4, -0.2) is 33.4 Å². The van der Waals surface area contributed by atoms with Crippen LogP contribution in [0.3, 0.4) is 0 Å². The van der Waals surface area contributed by atoms with E-state index in [2.05, 4.69) is 4.98 Å². The van der Waals surface area contributed by atoms with Gasteiger partial charge in [-0.05, 0) is 24.5 Å². The topological polar surface area (TPSA) is 79.4 Å². The smallest absolute Gasteiger partial charge is 0.0715 e. The number of hydrogen-bond donors (Lipinski definition) is 3.